The summed E-state index contributed by atoms with van der Waals surface area (Å²) in [5.74, 6) is -0.223. The number of allylic oxidation sites excluding steroid dienone is 2. The number of nitrogens with one attached hydrogen (secondary N) is 1. The highest BCUT2D eigenvalue weighted by Crippen LogP contribution is 2.35. The minimum absolute atomic E-state index is 0.0102. The molecule has 1 aliphatic heterocycles. The van der Waals surface area contributed by atoms with Crippen molar-refractivity contribution < 1.29 is 15.0 Å². The van der Waals surface area contributed by atoms with Crippen molar-refractivity contribution in [2.75, 3.05) is 12.3 Å². The molecule has 5 rings (SSSR count). The number of dihydropyridines is 1. The Morgan fingerprint density at radius 1 is 1.18 bits per heavy atom. The number of nitrogens with zero attached hydrogens (tertiary/aromatic N) is 4. The predicted molar refractivity (Wildman–Crippen MR) is 128 cm³/mol. The largest absolute Gasteiger partial charge is 0.493 e. The highest BCUT2D eigenvalue weighted by atomic mass is 16.4. The van der Waals surface area contributed by atoms with Crippen LogP contribution < -0.4 is 16.5 Å². The van der Waals surface area contributed by atoms with Crippen LogP contribution in [0, 0.1) is 5.92 Å². The number of rotatable bonds is 4. The van der Waals surface area contributed by atoms with E-state index in [1.54, 1.807) is 23.0 Å². The number of aromatic hydroxyl groups is 1. The molecule has 10 heteroatoms. The third kappa shape index (κ3) is 3.81. The van der Waals surface area contributed by atoms with Crippen molar-refractivity contribution >= 4 is 42.0 Å². The third-order valence-corrected chi connectivity index (χ3v) is 6.76. The molecule has 0 radical (unpaired) electrons. The van der Waals surface area contributed by atoms with E-state index in [1.165, 1.54) is 0 Å². The number of aromatic nitrogens is 4. The van der Waals surface area contributed by atoms with Crippen LogP contribution >= 0.6 is 0 Å². The molecule has 0 aromatic carbocycles. The van der Waals surface area contributed by atoms with E-state index in [-0.39, 0.29) is 17.7 Å². The van der Waals surface area contributed by atoms with Crippen LogP contribution in [0.25, 0.3) is 16.9 Å². The Labute approximate surface area is 191 Å². The molecule has 2 aliphatic rings. The molecule has 0 saturated heterocycles. The van der Waals surface area contributed by atoms with Gasteiger partial charge in [0.05, 0.1) is 12.1 Å². The number of fused-ring (bicyclic) bond motifs is 1. The van der Waals surface area contributed by atoms with Gasteiger partial charge in [-0.15, -0.1) is 0 Å². The number of nitrogen functional groups attached to an aromatic ring is 1. The highest BCUT2D eigenvalue weighted by Gasteiger charge is 2.29. The molecule has 1 saturated carbocycles. The van der Waals surface area contributed by atoms with Gasteiger partial charge in [-0.05, 0) is 48.9 Å². The van der Waals surface area contributed by atoms with Crippen LogP contribution in [-0.4, -0.2) is 50.2 Å². The van der Waals surface area contributed by atoms with Crippen LogP contribution in [0.4, 0.5) is 5.82 Å². The molecule has 3 aromatic heterocycles. The van der Waals surface area contributed by atoms with Crippen LogP contribution in [0.5, 0.6) is 5.88 Å². The Hall–Kier alpha value is -3.82. The van der Waals surface area contributed by atoms with Gasteiger partial charge in [-0.3, -0.25) is 4.79 Å². The molecule has 9 nitrogen and oxygen atoms in total. The van der Waals surface area contributed by atoms with Crippen LogP contribution in [0.15, 0.2) is 36.7 Å². The lowest BCUT2D eigenvalue weighted by Gasteiger charge is -2.27. The molecular weight excluding hydrogens is 419 g/mol. The molecule has 33 heavy (non-hydrogen) atoms. The number of hydrogen-bond donors (Lipinski definition) is 4. The third-order valence-electron chi connectivity index (χ3n) is 6.76. The van der Waals surface area contributed by atoms with Gasteiger partial charge in [0.25, 0.3) is 0 Å². The lowest BCUT2D eigenvalue weighted by atomic mass is 9.77. The van der Waals surface area contributed by atoms with E-state index in [0.717, 1.165) is 46.4 Å². The first kappa shape index (κ1) is 21.1. The summed E-state index contributed by atoms with van der Waals surface area (Å²) in [4.78, 5) is 20.3. The summed E-state index contributed by atoms with van der Waals surface area (Å²) >= 11 is 0. The number of aliphatic carboxylic acids is 1. The van der Waals surface area contributed by atoms with E-state index in [4.69, 9.17) is 10.7 Å². The number of carboxylic acids is 1. The SMILES string of the molecule is Bc1c(N)n2ncc(C3=CC=C(c4ccc(O)nc4)NC3)c2nc1[C@H]1CC[C@H](C(=O)O)CC1. The highest BCUT2D eigenvalue weighted by molar-refractivity contribution is 6.36. The number of hydrogen-bond acceptors (Lipinski definition) is 7. The maximum atomic E-state index is 11.3. The fraction of sp³-hybridized carbons (Fsp3) is 0.304. The van der Waals surface area contributed by atoms with Crippen LogP contribution in [0.2, 0.25) is 0 Å². The normalized spacial score (nSPS) is 20.7. The van der Waals surface area contributed by atoms with Crippen molar-refractivity contribution in [3.8, 4) is 5.88 Å². The zero-order valence-electron chi connectivity index (χ0n) is 18.3. The Balaban J connectivity index is 1.48. The molecule has 3 aromatic rings. The first-order chi connectivity index (χ1) is 15.9. The van der Waals surface area contributed by atoms with E-state index >= 15 is 0 Å². The van der Waals surface area contributed by atoms with Gasteiger partial charge in [-0.1, -0.05) is 6.08 Å². The van der Waals surface area contributed by atoms with Gasteiger partial charge in [0.2, 0.25) is 5.88 Å². The smallest absolute Gasteiger partial charge is 0.306 e. The number of carbonyl (C=O) groups is 1. The maximum absolute atomic E-state index is 11.3. The van der Waals surface area contributed by atoms with Gasteiger partial charge < -0.3 is 21.3 Å². The Kier molecular flexibility index (Phi) is 5.28. The summed E-state index contributed by atoms with van der Waals surface area (Å²) in [5, 5.41) is 26.6. The van der Waals surface area contributed by atoms with Gasteiger partial charge in [0.1, 0.15) is 13.7 Å². The molecule has 0 atom stereocenters. The second-order valence-corrected chi connectivity index (χ2v) is 8.72. The molecule has 1 fully saturated rings. The Morgan fingerprint density at radius 3 is 2.61 bits per heavy atom. The van der Waals surface area contributed by atoms with E-state index in [1.807, 2.05) is 26.1 Å². The molecule has 0 unspecified atom stereocenters. The van der Waals surface area contributed by atoms with Gasteiger partial charge >= 0.3 is 5.97 Å². The van der Waals surface area contributed by atoms with Crippen molar-refractivity contribution in [2.45, 2.75) is 31.6 Å². The number of nitrogens with two attached hydrogens (primary N) is 1. The van der Waals surface area contributed by atoms with Gasteiger partial charge in [0, 0.05) is 47.2 Å². The minimum Gasteiger partial charge on any atom is -0.493 e. The molecule has 4 heterocycles. The molecule has 5 N–H and O–H groups in total. The number of carboxylic acid groups (broad SMARTS) is 1. The molecule has 0 bridgehead atoms. The fourth-order valence-electron chi connectivity index (χ4n) is 4.77. The number of pyridine rings is 1. The van der Waals surface area contributed by atoms with E-state index in [9.17, 15) is 15.0 Å². The average Bonchev–Trinajstić information content (AvgIpc) is 3.26. The average molecular weight is 444 g/mol. The van der Waals surface area contributed by atoms with Gasteiger partial charge in [-0.25, -0.2) is 9.97 Å². The van der Waals surface area contributed by atoms with Gasteiger partial charge in [0.15, 0.2) is 5.65 Å². The molecule has 168 valence electrons. The summed E-state index contributed by atoms with van der Waals surface area (Å²) in [6, 6.07) is 3.37. The standard InChI is InChI=1S/C23H25BN6O3/c24-19-20(12-1-3-13(4-2-12)23(32)33)29-22-16(11-28-30(22)21(19)25)14-5-7-17(26-9-14)15-6-8-18(31)27-10-15/h5-8,10-13,26H,1-4,9,24-25H2,(H,27,31)(H,32,33)/t12-,13-. The first-order valence-electron chi connectivity index (χ1n) is 11.1. The van der Waals surface area contributed by atoms with Crippen molar-refractivity contribution in [2.24, 2.45) is 5.92 Å². The van der Waals surface area contributed by atoms with Gasteiger partial charge in [-0.2, -0.15) is 9.61 Å². The van der Waals surface area contributed by atoms with Crippen molar-refractivity contribution in [3.63, 3.8) is 0 Å². The summed E-state index contributed by atoms with van der Waals surface area (Å²) in [6.07, 6.45) is 10.3. The second kappa shape index (κ2) is 8.27. The maximum Gasteiger partial charge on any atom is 0.306 e. The molecule has 0 amide bonds. The monoisotopic (exact) mass is 444 g/mol. The summed E-state index contributed by atoms with van der Waals surface area (Å²) in [5.41, 5.74) is 12.8. The molecular formula is C23H25BN6O3. The fourth-order valence-corrected chi connectivity index (χ4v) is 4.77. The minimum atomic E-state index is -0.710. The topological polar surface area (TPSA) is 139 Å². The second-order valence-electron chi connectivity index (χ2n) is 8.72. The lowest BCUT2D eigenvalue weighted by molar-refractivity contribution is -0.142. The lowest BCUT2D eigenvalue weighted by Crippen LogP contribution is -2.28. The Morgan fingerprint density at radius 2 is 1.97 bits per heavy atom. The summed E-state index contributed by atoms with van der Waals surface area (Å²) in [7, 11) is 1.96. The summed E-state index contributed by atoms with van der Waals surface area (Å²) in [6.45, 7) is 0.586. The van der Waals surface area contributed by atoms with E-state index in [0.29, 0.717) is 30.9 Å². The summed E-state index contributed by atoms with van der Waals surface area (Å²) < 4.78 is 1.68. The van der Waals surface area contributed by atoms with Crippen LogP contribution in [0.3, 0.4) is 0 Å². The van der Waals surface area contributed by atoms with Crippen molar-refractivity contribution in [1.29, 1.82) is 0 Å². The van der Waals surface area contributed by atoms with Crippen LogP contribution in [-0.2, 0) is 4.79 Å². The van der Waals surface area contributed by atoms with E-state index in [2.05, 4.69) is 15.4 Å². The van der Waals surface area contributed by atoms with Crippen LogP contribution in [0.1, 0.15) is 48.4 Å². The molecule has 0 spiro atoms. The number of anilines is 1. The quantitative estimate of drug-likeness (QED) is 0.438. The predicted octanol–water partition coefficient (Wildman–Crippen LogP) is 1.06. The Bertz CT molecular complexity index is 1290. The first-order valence-corrected chi connectivity index (χ1v) is 11.1. The van der Waals surface area contributed by atoms with Crippen molar-refractivity contribution in [1.82, 2.24) is 24.9 Å². The zero-order chi connectivity index (χ0) is 23.1. The van der Waals surface area contributed by atoms with Crippen molar-refractivity contribution in [3.05, 3.63) is 53.5 Å². The van der Waals surface area contributed by atoms with E-state index < -0.39 is 5.97 Å². The zero-order valence-corrected chi connectivity index (χ0v) is 18.3. The molecule has 1 aliphatic carbocycles.